The van der Waals surface area contributed by atoms with Crippen LogP contribution in [0, 0.1) is 11.3 Å². The predicted octanol–water partition coefficient (Wildman–Crippen LogP) is 0.781. The topological polar surface area (TPSA) is 61.4 Å². The summed E-state index contributed by atoms with van der Waals surface area (Å²) in [6, 6.07) is 0.118. The maximum Gasteiger partial charge on any atom is 0.239 e. The second-order valence-electron chi connectivity index (χ2n) is 6.29. The van der Waals surface area contributed by atoms with Crippen molar-refractivity contribution in [2.45, 2.75) is 39.2 Å². The van der Waals surface area contributed by atoms with Crippen molar-refractivity contribution < 1.29 is 9.59 Å². The van der Waals surface area contributed by atoms with Crippen LogP contribution in [-0.4, -0.2) is 49.4 Å². The molecule has 0 radical (unpaired) electrons. The first-order valence-electron chi connectivity index (χ1n) is 7.20. The van der Waals surface area contributed by atoms with E-state index in [2.05, 4.69) is 10.6 Å². The van der Waals surface area contributed by atoms with Crippen LogP contribution in [0.5, 0.6) is 0 Å². The van der Waals surface area contributed by atoms with Crippen molar-refractivity contribution in [3.8, 4) is 0 Å². The molecule has 1 saturated carbocycles. The van der Waals surface area contributed by atoms with Gasteiger partial charge in [0.2, 0.25) is 11.8 Å². The SMILES string of the molecule is CC(C)NC(=O)CN(C)C(=O)C1CC12CCNCC2.Cl. The van der Waals surface area contributed by atoms with Crippen LogP contribution in [0.4, 0.5) is 0 Å². The fourth-order valence-corrected chi connectivity index (χ4v) is 3.10. The molecular formula is C14H26ClN3O2. The van der Waals surface area contributed by atoms with E-state index in [-0.39, 0.29) is 48.1 Å². The van der Waals surface area contributed by atoms with Gasteiger partial charge in [0.25, 0.3) is 0 Å². The molecule has 0 aromatic heterocycles. The minimum atomic E-state index is -0.0779. The minimum Gasteiger partial charge on any atom is -0.352 e. The third kappa shape index (κ3) is 3.85. The molecule has 0 aromatic carbocycles. The molecule has 0 aromatic rings. The van der Waals surface area contributed by atoms with Crippen LogP contribution in [-0.2, 0) is 9.59 Å². The number of nitrogens with one attached hydrogen (secondary N) is 2. The molecule has 2 aliphatic rings. The molecule has 2 amide bonds. The lowest BCUT2D eigenvalue weighted by Gasteiger charge is -2.25. The number of carbonyl (C=O) groups is 2. The lowest BCUT2D eigenvalue weighted by molar-refractivity contribution is -0.136. The van der Waals surface area contributed by atoms with Crippen LogP contribution >= 0.6 is 12.4 Å². The Kier molecular flexibility index (Phi) is 5.83. The van der Waals surface area contributed by atoms with E-state index in [1.165, 1.54) is 0 Å². The van der Waals surface area contributed by atoms with Crippen molar-refractivity contribution in [3.63, 3.8) is 0 Å². The quantitative estimate of drug-likeness (QED) is 0.807. The average molecular weight is 304 g/mol. The van der Waals surface area contributed by atoms with Gasteiger partial charge in [-0.2, -0.15) is 0 Å². The first-order chi connectivity index (χ1) is 8.94. The van der Waals surface area contributed by atoms with Gasteiger partial charge in [-0.25, -0.2) is 0 Å². The van der Waals surface area contributed by atoms with Gasteiger partial charge in [-0.1, -0.05) is 0 Å². The number of rotatable bonds is 4. The summed E-state index contributed by atoms with van der Waals surface area (Å²) in [6.45, 7) is 6.04. The number of piperidine rings is 1. The van der Waals surface area contributed by atoms with E-state index in [1.54, 1.807) is 11.9 Å². The maximum absolute atomic E-state index is 12.3. The molecule has 1 aliphatic heterocycles. The van der Waals surface area contributed by atoms with Gasteiger partial charge >= 0.3 is 0 Å². The number of hydrogen-bond donors (Lipinski definition) is 2. The normalized spacial score (nSPS) is 23.1. The zero-order chi connectivity index (χ0) is 14.0. The highest BCUT2D eigenvalue weighted by molar-refractivity contribution is 5.87. The molecule has 1 unspecified atom stereocenters. The van der Waals surface area contributed by atoms with E-state index in [1.807, 2.05) is 13.8 Å². The monoisotopic (exact) mass is 303 g/mol. The zero-order valence-corrected chi connectivity index (χ0v) is 13.4. The Balaban J connectivity index is 0.00000200. The van der Waals surface area contributed by atoms with Crippen LogP contribution in [0.15, 0.2) is 0 Å². The van der Waals surface area contributed by atoms with E-state index in [0.717, 1.165) is 32.4 Å². The third-order valence-corrected chi connectivity index (χ3v) is 4.29. The standard InChI is InChI=1S/C14H25N3O2.ClH/c1-10(2)16-12(18)9-17(3)13(19)11-8-14(11)4-6-15-7-5-14;/h10-11,15H,4-9H2,1-3H3,(H,16,18);1H. The van der Waals surface area contributed by atoms with Crippen molar-refractivity contribution in [3.05, 3.63) is 0 Å². The Bertz CT molecular complexity index is 367. The van der Waals surface area contributed by atoms with E-state index in [4.69, 9.17) is 0 Å². The van der Waals surface area contributed by atoms with Crippen LogP contribution in [0.1, 0.15) is 33.1 Å². The Morgan fingerprint density at radius 3 is 2.50 bits per heavy atom. The molecule has 116 valence electrons. The van der Waals surface area contributed by atoms with Crippen molar-refractivity contribution in [1.29, 1.82) is 0 Å². The first-order valence-corrected chi connectivity index (χ1v) is 7.20. The van der Waals surface area contributed by atoms with Crippen LogP contribution < -0.4 is 10.6 Å². The van der Waals surface area contributed by atoms with Crippen LogP contribution in [0.25, 0.3) is 0 Å². The summed E-state index contributed by atoms with van der Waals surface area (Å²) < 4.78 is 0. The maximum atomic E-state index is 12.3. The van der Waals surface area contributed by atoms with Crippen molar-refractivity contribution in [2.75, 3.05) is 26.7 Å². The zero-order valence-electron chi connectivity index (χ0n) is 12.6. The number of nitrogens with zero attached hydrogens (tertiary/aromatic N) is 1. The van der Waals surface area contributed by atoms with E-state index in [9.17, 15) is 9.59 Å². The van der Waals surface area contributed by atoms with Crippen molar-refractivity contribution >= 4 is 24.2 Å². The second-order valence-corrected chi connectivity index (χ2v) is 6.29. The fourth-order valence-electron chi connectivity index (χ4n) is 3.10. The third-order valence-electron chi connectivity index (χ3n) is 4.29. The van der Waals surface area contributed by atoms with E-state index >= 15 is 0 Å². The van der Waals surface area contributed by atoms with Gasteiger partial charge in [-0.05, 0) is 51.6 Å². The molecule has 2 rings (SSSR count). The summed E-state index contributed by atoms with van der Waals surface area (Å²) in [4.78, 5) is 25.6. The molecule has 2 fully saturated rings. The molecule has 6 heteroatoms. The molecular weight excluding hydrogens is 278 g/mol. The van der Waals surface area contributed by atoms with Gasteiger partial charge in [-0.3, -0.25) is 9.59 Å². The molecule has 0 bridgehead atoms. The number of likely N-dealkylation sites (N-methyl/N-ethyl adjacent to an activating group) is 1. The summed E-state index contributed by atoms with van der Waals surface area (Å²) in [5.41, 5.74) is 0.241. The lowest BCUT2D eigenvalue weighted by Crippen LogP contribution is -2.42. The second kappa shape index (κ2) is 6.76. The summed E-state index contributed by atoms with van der Waals surface area (Å²) in [5, 5.41) is 6.15. The van der Waals surface area contributed by atoms with Gasteiger partial charge in [0.15, 0.2) is 0 Å². The number of amides is 2. The smallest absolute Gasteiger partial charge is 0.239 e. The molecule has 1 saturated heterocycles. The van der Waals surface area contributed by atoms with E-state index < -0.39 is 0 Å². The number of halogens is 1. The first kappa shape index (κ1) is 17.2. The molecule has 2 N–H and O–H groups in total. The summed E-state index contributed by atoms with van der Waals surface area (Å²) in [6.07, 6.45) is 3.19. The highest BCUT2D eigenvalue weighted by Gasteiger charge is 2.58. The summed E-state index contributed by atoms with van der Waals surface area (Å²) in [5.74, 6) is 0.207. The summed E-state index contributed by atoms with van der Waals surface area (Å²) in [7, 11) is 1.73. The van der Waals surface area contributed by atoms with Gasteiger partial charge in [0.1, 0.15) is 0 Å². The van der Waals surface area contributed by atoms with Crippen molar-refractivity contribution in [2.24, 2.45) is 11.3 Å². The molecule has 1 aliphatic carbocycles. The molecule has 1 spiro atoms. The van der Waals surface area contributed by atoms with E-state index in [0.29, 0.717) is 0 Å². The van der Waals surface area contributed by atoms with Gasteiger partial charge in [0, 0.05) is 19.0 Å². The van der Waals surface area contributed by atoms with Crippen LogP contribution in [0.2, 0.25) is 0 Å². The molecule has 20 heavy (non-hydrogen) atoms. The predicted molar refractivity (Wildman–Crippen MR) is 80.8 cm³/mol. The fraction of sp³-hybridized carbons (Fsp3) is 0.857. The minimum absolute atomic E-state index is 0. The van der Waals surface area contributed by atoms with Gasteiger partial charge < -0.3 is 15.5 Å². The molecule has 1 atom stereocenters. The number of hydrogen-bond acceptors (Lipinski definition) is 3. The molecule has 5 nitrogen and oxygen atoms in total. The average Bonchev–Trinajstić information content (AvgIpc) is 3.01. The summed E-state index contributed by atoms with van der Waals surface area (Å²) >= 11 is 0. The van der Waals surface area contributed by atoms with Gasteiger partial charge in [0.05, 0.1) is 6.54 Å². The Morgan fingerprint density at radius 2 is 1.95 bits per heavy atom. The Labute approximate surface area is 127 Å². The van der Waals surface area contributed by atoms with Crippen molar-refractivity contribution in [1.82, 2.24) is 15.5 Å². The highest BCUT2D eigenvalue weighted by Crippen LogP contribution is 2.59. The number of carbonyl (C=O) groups excluding carboxylic acids is 2. The Hall–Kier alpha value is -0.810. The lowest BCUT2D eigenvalue weighted by atomic mass is 9.91. The molecule has 1 heterocycles. The van der Waals surface area contributed by atoms with Crippen LogP contribution in [0.3, 0.4) is 0 Å². The highest BCUT2D eigenvalue weighted by atomic mass is 35.5. The largest absolute Gasteiger partial charge is 0.352 e. The Morgan fingerprint density at radius 1 is 1.35 bits per heavy atom. The van der Waals surface area contributed by atoms with Gasteiger partial charge in [-0.15, -0.1) is 12.4 Å².